The fraction of sp³-hybridized carbons (Fsp3) is 0.560. The molecular formula is C25H32F3N5O4S. The molecule has 9 nitrogen and oxygen atoms in total. The molecule has 2 atom stereocenters. The highest BCUT2D eigenvalue weighted by atomic mass is 32.2. The Kier molecular flexibility index (Phi) is 8.17. The lowest BCUT2D eigenvalue weighted by Crippen LogP contribution is -2.59. The summed E-state index contributed by atoms with van der Waals surface area (Å²) in [6.07, 6.45) is -0.733. The highest BCUT2D eigenvalue weighted by Gasteiger charge is 2.37. The summed E-state index contributed by atoms with van der Waals surface area (Å²) in [7, 11) is -3.22. The van der Waals surface area contributed by atoms with Gasteiger partial charge in [-0.3, -0.25) is 9.80 Å². The third-order valence-corrected chi connectivity index (χ3v) is 8.07. The maximum atomic E-state index is 13.0. The molecule has 0 aliphatic carbocycles. The molecular weight excluding hydrogens is 523 g/mol. The van der Waals surface area contributed by atoms with Crippen LogP contribution in [-0.2, 0) is 27.3 Å². The van der Waals surface area contributed by atoms with Gasteiger partial charge in [0.05, 0.1) is 29.4 Å². The second-order valence-electron chi connectivity index (χ2n) is 10.0. The monoisotopic (exact) mass is 555 g/mol. The van der Waals surface area contributed by atoms with E-state index in [0.717, 1.165) is 31.0 Å². The maximum absolute atomic E-state index is 13.0. The summed E-state index contributed by atoms with van der Waals surface area (Å²) in [5.74, 6) is 0.336. The largest absolute Gasteiger partial charge is 0.446 e. The first kappa shape index (κ1) is 28.1. The van der Waals surface area contributed by atoms with Crippen molar-refractivity contribution < 1.29 is 31.1 Å². The van der Waals surface area contributed by atoms with Gasteiger partial charge in [-0.25, -0.2) is 23.2 Å². The smallest absolute Gasteiger partial charge is 0.434 e. The number of likely N-dealkylation sites (tertiary alicyclic amines) is 1. The van der Waals surface area contributed by atoms with Gasteiger partial charge in [-0.1, -0.05) is 12.1 Å². The van der Waals surface area contributed by atoms with Crippen LogP contribution in [0.3, 0.4) is 0 Å². The number of nitrogens with zero attached hydrogens (tertiary/aromatic N) is 5. The van der Waals surface area contributed by atoms with Crippen LogP contribution in [0.15, 0.2) is 41.6 Å². The molecule has 1 aromatic carbocycles. The first-order valence-corrected chi connectivity index (χ1v) is 14.3. The van der Waals surface area contributed by atoms with E-state index in [2.05, 4.69) is 14.9 Å². The van der Waals surface area contributed by atoms with Crippen LogP contribution >= 0.6 is 0 Å². The number of piperidine rings is 1. The van der Waals surface area contributed by atoms with Crippen LogP contribution in [0.4, 0.5) is 23.8 Å². The highest BCUT2D eigenvalue weighted by Crippen LogP contribution is 2.28. The number of carbonyl (C=O) groups is 1. The summed E-state index contributed by atoms with van der Waals surface area (Å²) in [4.78, 5) is 26.5. The van der Waals surface area contributed by atoms with E-state index >= 15 is 0 Å². The molecule has 13 heteroatoms. The van der Waals surface area contributed by atoms with Crippen LogP contribution in [0.2, 0.25) is 0 Å². The number of halogens is 3. The number of piperazine rings is 1. The van der Waals surface area contributed by atoms with Crippen molar-refractivity contribution >= 4 is 21.7 Å². The van der Waals surface area contributed by atoms with E-state index in [1.165, 1.54) is 6.26 Å². The van der Waals surface area contributed by atoms with Gasteiger partial charge in [0.25, 0.3) is 0 Å². The molecule has 0 bridgehead atoms. The Morgan fingerprint density at radius 3 is 2.13 bits per heavy atom. The molecule has 0 radical (unpaired) electrons. The molecule has 2 aliphatic rings. The standard InChI is InChI=1S/C25H32F3N5O4S/c1-17-14-32(23-13-29-22(12-30-23)25(26,27)28)15-18(2)33(17)24(34)37-20-8-10-31(11-9-20)16-19-4-6-21(7-5-19)38(3,35)36/h4-7,12-13,17-18,20H,8-11,14-16H2,1-3H3/t17-,18+. The van der Waals surface area contributed by atoms with E-state index in [4.69, 9.17) is 4.74 Å². The van der Waals surface area contributed by atoms with Gasteiger partial charge < -0.3 is 9.64 Å². The second-order valence-corrected chi connectivity index (χ2v) is 12.1. The van der Waals surface area contributed by atoms with Crippen molar-refractivity contribution in [2.45, 2.75) is 62.5 Å². The van der Waals surface area contributed by atoms with Gasteiger partial charge in [0.2, 0.25) is 0 Å². The number of anilines is 1. The predicted molar refractivity (Wildman–Crippen MR) is 134 cm³/mol. The Morgan fingerprint density at radius 1 is 1.03 bits per heavy atom. The summed E-state index contributed by atoms with van der Waals surface area (Å²) in [5, 5.41) is 0. The first-order valence-electron chi connectivity index (χ1n) is 12.5. The topological polar surface area (TPSA) is 95.9 Å². The number of amides is 1. The lowest BCUT2D eigenvalue weighted by Gasteiger charge is -2.44. The molecule has 2 fully saturated rings. The Hall–Kier alpha value is -2.93. The SMILES string of the molecule is C[C@@H]1CN(c2cnc(C(F)(F)F)cn2)C[C@H](C)N1C(=O)OC1CCN(Cc2ccc(S(C)(=O)=O)cc2)CC1. The summed E-state index contributed by atoms with van der Waals surface area (Å²) < 4.78 is 67.5. The average molecular weight is 556 g/mol. The van der Waals surface area contributed by atoms with E-state index in [9.17, 15) is 26.4 Å². The summed E-state index contributed by atoms with van der Waals surface area (Å²) in [6.45, 7) is 6.73. The van der Waals surface area contributed by atoms with Crippen molar-refractivity contribution in [2.24, 2.45) is 0 Å². The molecule has 208 valence electrons. The van der Waals surface area contributed by atoms with Gasteiger partial charge in [-0.05, 0) is 44.4 Å². The van der Waals surface area contributed by atoms with Crippen LogP contribution < -0.4 is 4.90 Å². The van der Waals surface area contributed by atoms with Gasteiger partial charge in [0, 0.05) is 39.0 Å². The van der Waals surface area contributed by atoms with Gasteiger partial charge in [-0.2, -0.15) is 13.2 Å². The summed E-state index contributed by atoms with van der Waals surface area (Å²) in [6, 6.07) is 6.41. The Bertz CT molecular complexity index is 1210. The number of ether oxygens (including phenoxy) is 1. The molecule has 0 spiro atoms. The Morgan fingerprint density at radius 2 is 1.63 bits per heavy atom. The zero-order valence-corrected chi connectivity index (χ0v) is 22.4. The van der Waals surface area contributed by atoms with Gasteiger partial charge >= 0.3 is 12.3 Å². The molecule has 0 saturated carbocycles. The van der Waals surface area contributed by atoms with Crippen LogP contribution in [0, 0.1) is 0 Å². The molecule has 4 rings (SSSR count). The lowest BCUT2D eigenvalue weighted by molar-refractivity contribution is -0.141. The molecule has 38 heavy (non-hydrogen) atoms. The normalized spacial score (nSPS) is 21.9. The molecule has 2 saturated heterocycles. The second kappa shape index (κ2) is 11.0. The van der Waals surface area contributed by atoms with Crippen LogP contribution in [0.5, 0.6) is 0 Å². The number of hydrogen-bond donors (Lipinski definition) is 0. The van der Waals surface area contributed by atoms with E-state index in [-0.39, 0.29) is 18.2 Å². The summed E-state index contributed by atoms with van der Waals surface area (Å²) >= 11 is 0. The number of carbonyl (C=O) groups excluding carboxylic acids is 1. The quantitative estimate of drug-likeness (QED) is 0.553. The molecule has 1 aromatic heterocycles. The number of aromatic nitrogens is 2. The van der Waals surface area contributed by atoms with Crippen molar-refractivity contribution in [3.63, 3.8) is 0 Å². The zero-order valence-electron chi connectivity index (χ0n) is 21.6. The van der Waals surface area contributed by atoms with Gasteiger partial charge in [-0.15, -0.1) is 0 Å². The number of sulfone groups is 1. The lowest BCUT2D eigenvalue weighted by atomic mass is 10.1. The van der Waals surface area contributed by atoms with Crippen molar-refractivity contribution in [2.75, 3.05) is 37.3 Å². The van der Waals surface area contributed by atoms with Crippen LogP contribution in [0.1, 0.15) is 37.9 Å². The van der Waals surface area contributed by atoms with Crippen molar-refractivity contribution in [1.29, 1.82) is 0 Å². The Balaban J connectivity index is 1.26. The molecule has 3 heterocycles. The van der Waals surface area contributed by atoms with E-state index in [0.29, 0.717) is 43.2 Å². The molecule has 0 N–H and O–H groups in total. The Labute approximate surface area is 220 Å². The third-order valence-electron chi connectivity index (χ3n) is 6.94. The van der Waals surface area contributed by atoms with Gasteiger partial charge in [0.1, 0.15) is 11.9 Å². The fourth-order valence-electron chi connectivity index (χ4n) is 4.99. The average Bonchev–Trinajstić information content (AvgIpc) is 2.84. The highest BCUT2D eigenvalue weighted by molar-refractivity contribution is 7.90. The molecule has 1 amide bonds. The molecule has 2 aromatic rings. The number of hydrogen-bond acceptors (Lipinski definition) is 8. The molecule has 2 aliphatic heterocycles. The number of alkyl halides is 3. The van der Waals surface area contributed by atoms with Crippen molar-refractivity contribution in [3.8, 4) is 0 Å². The van der Waals surface area contributed by atoms with Crippen LogP contribution in [-0.4, -0.2) is 84.9 Å². The van der Waals surface area contributed by atoms with Gasteiger partial charge in [0.15, 0.2) is 15.5 Å². The van der Waals surface area contributed by atoms with Crippen LogP contribution in [0.25, 0.3) is 0 Å². The molecule has 0 unspecified atom stereocenters. The zero-order chi connectivity index (χ0) is 27.7. The minimum atomic E-state index is -4.55. The first-order chi connectivity index (χ1) is 17.8. The number of benzene rings is 1. The number of rotatable bonds is 5. The minimum Gasteiger partial charge on any atom is -0.446 e. The maximum Gasteiger partial charge on any atom is 0.434 e. The fourth-order valence-corrected chi connectivity index (χ4v) is 5.62. The third kappa shape index (κ3) is 6.73. The summed E-state index contributed by atoms with van der Waals surface area (Å²) in [5.41, 5.74) is -0.0217. The predicted octanol–water partition coefficient (Wildman–Crippen LogP) is 3.60. The van der Waals surface area contributed by atoms with Crippen molar-refractivity contribution in [3.05, 3.63) is 47.9 Å². The van der Waals surface area contributed by atoms with E-state index in [1.54, 1.807) is 17.0 Å². The minimum absolute atomic E-state index is 0.204. The van der Waals surface area contributed by atoms with E-state index < -0.39 is 27.8 Å². The van der Waals surface area contributed by atoms with Crippen molar-refractivity contribution in [1.82, 2.24) is 19.8 Å². The van der Waals surface area contributed by atoms with E-state index in [1.807, 2.05) is 30.9 Å².